The summed E-state index contributed by atoms with van der Waals surface area (Å²) in [6.07, 6.45) is 1.18. The maximum atomic E-state index is 13.0. The number of phenols is 1. The molecule has 0 aromatic heterocycles. The third-order valence-electron chi connectivity index (χ3n) is 1.73. The maximum absolute atomic E-state index is 13.0. The summed E-state index contributed by atoms with van der Waals surface area (Å²) < 4.78 is 13.0. The smallest absolute Gasteiger partial charge is 0.130 e. The Morgan fingerprint density at radius 1 is 1.42 bits per heavy atom. The van der Waals surface area contributed by atoms with Crippen molar-refractivity contribution in [2.24, 2.45) is 5.73 Å². The van der Waals surface area contributed by atoms with Gasteiger partial charge < -0.3 is 10.8 Å². The summed E-state index contributed by atoms with van der Waals surface area (Å²) in [6, 6.07) is 4.30. The van der Waals surface area contributed by atoms with Crippen molar-refractivity contribution >= 4 is 0 Å². The Bertz CT molecular complexity index is 242. The molecule has 0 amide bonds. The summed E-state index contributed by atoms with van der Waals surface area (Å²) in [5.74, 6) is -0.341. The second kappa shape index (κ2) is 4.07. The van der Waals surface area contributed by atoms with Gasteiger partial charge in [0.05, 0.1) is 0 Å². The van der Waals surface area contributed by atoms with E-state index in [4.69, 9.17) is 5.73 Å². The Kier molecular flexibility index (Phi) is 3.05. The highest BCUT2D eigenvalue weighted by atomic mass is 19.1. The number of phenolic OH excluding ortho intramolecular Hbond substituents is 1. The van der Waals surface area contributed by atoms with Gasteiger partial charge in [0, 0.05) is 5.56 Å². The van der Waals surface area contributed by atoms with Gasteiger partial charge in [-0.25, -0.2) is 4.39 Å². The van der Waals surface area contributed by atoms with E-state index >= 15 is 0 Å². The first-order chi connectivity index (χ1) is 5.75. The maximum Gasteiger partial charge on any atom is 0.130 e. The molecule has 12 heavy (non-hydrogen) atoms. The van der Waals surface area contributed by atoms with Crippen LogP contribution in [0.2, 0.25) is 0 Å². The molecule has 0 saturated carbocycles. The van der Waals surface area contributed by atoms with Gasteiger partial charge >= 0.3 is 0 Å². The Morgan fingerprint density at radius 3 is 2.75 bits per heavy atom. The van der Waals surface area contributed by atoms with E-state index in [1.54, 1.807) is 0 Å². The zero-order valence-electron chi connectivity index (χ0n) is 6.76. The van der Waals surface area contributed by atoms with Crippen LogP contribution in [0.4, 0.5) is 4.39 Å². The van der Waals surface area contributed by atoms with E-state index in [2.05, 4.69) is 0 Å². The first kappa shape index (κ1) is 9.00. The summed E-state index contributed by atoms with van der Waals surface area (Å²) in [4.78, 5) is 0. The van der Waals surface area contributed by atoms with Crippen LogP contribution in [0.5, 0.6) is 5.75 Å². The van der Waals surface area contributed by atoms with Crippen molar-refractivity contribution in [3.63, 3.8) is 0 Å². The van der Waals surface area contributed by atoms with Crippen LogP contribution in [0.1, 0.15) is 12.0 Å². The number of nitrogens with two attached hydrogens (primary N) is 1. The zero-order chi connectivity index (χ0) is 8.97. The predicted octanol–water partition coefficient (Wildman–Crippen LogP) is 1.42. The lowest BCUT2D eigenvalue weighted by atomic mass is 10.1. The van der Waals surface area contributed by atoms with Crippen LogP contribution in [-0.4, -0.2) is 11.7 Å². The summed E-state index contributed by atoms with van der Waals surface area (Å²) in [6.45, 7) is 0.508. The van der Waals surface area contributed by atoms with Gasteiger partial charge in [-0.2, -0.15) is 0 Å². The number of halogens is 1. The fourth-order valence-electron chi connectivity index (χ4n) is 1.07. The van der Waals surface area contributed by atoms with Gasteiger partial charge in [-0.05, 0) is 31.5 Å². The second-order valence-corrected chi connectivity index (χ2v) is 2.63. The van der Waals surface area contributed by atoms with Crippen LogP contribution < -0.4 is 5.73 Å². The average molecular weight is 169 g/mol. The first-order valence-electron chi connectivity index (χ1n) is 3.92. The summed E-state index contributed by atoms with van der Waals surface area (Å²) in [5.41, 5.74) is 5.64. The van der Waals surface area contributed by atoms with E-state index in [9.17, 15) is 9.50 Å². The minimum Gasteiger partial charge on any atom is -0.508 e. The predicted molar refractivity (Wildman–Crippen MR) is 45.4 cm³/mol. The quantitative estimate of drug-likeness (QED) is 0.718. The van der Waals surface area contributed by atoms with E-state index in [1.165, 1.54) is 18.2 Å². The standard InChI is InChI=1S/C9H12FNO/c10-8-4-1-5-9(12)7(8)3-2-6-11/h1,4-5,12H,2-3,6,11H2. The Morgan fingerprint density at radius 2 is 2.17 bits per heavy atom. The molecule has 0 bridgehead atoms. The number of hydrogen-bond acceptors (Lipinski definition) is 2. The molecular weight excluding hydrogens is 157 g/mol. The number of benzene rings is 1. The minimum absolute atomic E-state index is 0.0171. The fraction of sp³-hybridized carbons (Fsp3) is 0.333. The molecule has 1 rings (SSSR count). The van der Waals surface area contributed by atoms with E-state index in [1.807, 2.05) is 0 Å². The molecule has 0 aliphatic rings. The van der Waals surface area contributed by atoms with Crippen molar-refractivity contribution in [2.45, 2.75) is 12.8 Å². The lowest BCUT2D eigenvalue weighted by Gasteiger charge is -2.03. The molecule has 1 aromatic rings. The van der Waals surface area contributed by atoms with E-state index in [0.717, 1.165) is 0 Å². The molecule has 0 saturated heterocycles. The highest BCUT2D eigenvalue weighted by Gasteiger charge is 2.05. The van der Waals surface area contributed by atoms with Gasteiger partial charge in [0.2, 0.25) is 0 Å². The average Bonchev–Trinajstić information content (AvgIpc) is 2.04. The lowest BCUT2D eigenvalue weighted by molar-refractivity contribution is 0.457. The minimum atomic E-state index is -0.358. The van der Waals surface area contributed by atoms with Crippen molar-refractivity contribution in [1.29, 1.82) is 0 Å². The normalized spacial score (nSPS) is 10.2. The number of rotatable bonds is 3. The lowest BCUT2D eigenvalue weighted by Crippen LogP contribution is -2.01. The van der Waals surface area contributed by atoms with Crippen LogP contribution in [0.3, 0.4) is 0 Å². The van der Waals surface area contributed by atoms with Crippen molar-refractivity contribution in [3.8, 4) is 5.75 Å². The molecule has 3 heteroatoms. The topological polar surface area (TPSA) is 46.2 Å². The molecule has 0 spiro atoms. The molecule has 0 aliphatic heterocycles. The van der Waals surface area contributed by atoms with Crippen molar-refractivity contribution < 1.29 is 9.50 Å². The zero-order valence-corrected chi connectivity index (χ0v) is 6.76. The van der Waals surface area contributed by atoms with Crippen LogP contribution in [0, 0.1) is 5.82 Å². The molecule has 0 heterocycles. The fourth-order valence-corrected chi connectivity index (χ4v) is 1.07. The molecule has 0 fully saturated rings. The molecular formula is C9H12FNO. The van der Waals surface area contributed by atoms with E-state index in [0.29, 0.717) is 24.9 Å². The van der Waals surface area contributed by atoms with E-state index in [-0.39, 0.29) is 11.6 Å². The Hall–Kier alpha value is -1.09. The van der Waals surface area contributed by atoms with Gasteiger partial charge in [-0.15, -0.1) is 0 Å². The molecule has 0 atom stereocenters. The number of hydrogen-bond donors (Lipinski definition) is 2. The van der Waals surface area contributed by atoms with E-state index < -0.39 is 0 Å². The summed E-state index contributed by atoms with van der Waals surface area (Å²) in [5, 5.41) is 9.24. The molecule has 3 N–H and O–H groups in total. The summed E-state index contributed by atoms with van der Waals surface area (Å²) >= 11 is 0. The largest absolute Gasteiger partial charge is 0.508 e. The molecule has 66 valence electrons. The molecule has 0 radical (unpaired) electrons. The highest BCUT2D eigenvalue weighted by molar-refractivity contribution is 5.33. The van der Waals surface area contributed by atoms with Crippen molar-refractivity contribution in [3.05, 3.63) is 29.6 Å². The van der Waals surface area contributed by atoms with Crippen LogP contribution in [0.15, 0.2) is 18.2 Å². The van der Waals surface area contributed by atoms with Gasteiger partial charge in [0.15, 0.2) is 0 Å². The molecule has 2 nitrogen and oxygen atoms in total. The van der Waals surface area contributed by atoms with Crippen molar-refractivity contribution in [1.82, 2.24) is 0 Å². The Balaban J connectivity index is 2.81. The molecule has 0 aliphatic carbocycles. The highest BCUT2D eigenvalue weighted by Crippen LogP contribution is 2.20. The van der Waals surface area contributed by atoms with Crippen LogP contribution in [0.25, 0.3) is 0 Å². The van der Waals surface area contributed by atoms with Gasteiger partial charge in [0.25, 0.3) is 0 Å². The van der Waals surface area contributed by atoms with Gasteiger partial charge in [-0.3, -0.25) is 0 Å². The molecule has 0 unspecified atom stereocenters. The van der Waals surface area contributed by atoms with Gasteiger partial charge in [0.1, 0.15) is 11.6 Å². The third kappa shape index (κ3) is 1.95. The van der Waals surface area contributed by atoms with Crippen LogP contribution >= 0.6 is 0 Å². The van der Waals surface area contributed by atoms with Crippen LogP contribution in [-0.2, 0) is 6.42 Å². The van der Waals surface area contributed by atoms with Crippen molar-refractivity contribution in [2.75, 3.05) is 6.54 Å². The second-order valence-electron chi connectivity index (χ2n) is 2.63. The third-order valence-corrected chi connectivity index (χ3v) is 1.73. The number of aromatic hydroxyl groups is 1. The molecule has 1 aromatic carbocycles. The monoisotopic (exact) mass is 169 g/mol. The SMILES string of the molecule is NCCCc1c(O)cccc1F. The first-order valence-corrected chi connectivity index (χ1v) is 3.92. The van der Waals surface area contributed by atoms with Gasteiger partial charge in [-0.1, -0.05) is 6.07 Å². The summed E-state index contributed by atoms with van der Waals surface area (Å²) in [7, 11) is 0. The Labute approximate surface area is 70.8 Å².